The molecule has 27 heavy (non-hydrogen) atoms. The first kappa shape index (κ1) is 17.5. The van der Waals surface area contributed by atoms with Gasteiger partial charge in [-0.15, -0.1) is 0 Å². The van der Waals surface area contributed by atoms with Crippen molar-refractivity contribution in [1.82, 2.24) is 19.3 Å². The van der Waals surface area contributed by atoms with Crippen molar-refractivity contribution in [3.05, 3.63) is 66.0 Å². The van der Waals surface area contributed by atoms with Crippen LogP contribution in [0.3, 0.4) is 0 Å². The molecule has 3 N–H and O–H groups in total. The summed E-state index contributed by atoms with van der Waals surface area (Å²) in [7, 11) is 0. The van der Waals surface area contributed by atoms with Crippen LogP contribution in [0.2, 0.25) is 0 Å². The lowest BCUT2D eigenvalue weighted by atomic mass is 10.1. The van der Waals surface area contributed by atoms with Crippen LogP contribution in [0.4, 0.5) is 5.69 Å². The van der Waals surface area contributed by atoms with Crippen molar-refractivity contribution in [3.63, 3.8) is 0 Å². The van der Waals surface area contributed by atoms with Gasteiger partial charge in [0.2, 0.25) is 5.91 Å². The number of nitrogens with one attached hydrogen (secondary N) is 1. The molecule has 0 fully saturated rings. The van der Waals surface area contributed by atoms with Gasteiger partial charge in [0, 0.05) is 25.7 Å². The van der Waals surface area contributed by atoms with E-state index in [1.165, 1.54) is 5.56 Å². The molecule has 3 aromatic rings. The first-order chi connectivity index (χ1) is 13.2. The second kappa shape index (κ2) is 7.75. The molecule has 0 spiro atoms. The summed E-state index contributed by atoms with van der Waals surface area (Å²) >= 11 is 0. The molecule has 0 aliphatic carbocycles. The van der Waals surface area contributed by atoms with E-state index >= 15 is 0 Å². The predicted molar refractivity (Wildman–Crippen MR) is 103 cm³/mol. The zero-order valence-electron chi connectivity index (χ0n) is 15.2. The fourth-order valence-corrected chi connectivity index (χ4v) is 3.46. The summed E-state index contributed by atoms with van der Waals surface area (Å²) in [5.74, 6) is -0.200. The van der Waals surface area contributed by atoms with Crippen LogP contribution >= 0.6 is 0 Å². The first-order valence-corrected chi connectivity index (χ1v) is 9.35. The Morgan fingerprint density at radius 2 is 2.11 bits per heavy atom. The number of aromatic nitrogens is 4. The maximum Gasteiger partial charge on any atom is 0.241 e. The Hall–Kier alpha value is -2.93. The molecule has 3 heterocycles. The minimum absolute atomic E-state index is 0.200. The lowest BCUT2D eigenvalue weighted by molar-refractivity contribution is -0.117. The van der Waals surface area contributed by atoms with Crippen molar-refractivity contribution in [3.8, 4) is 0 Å². The summed E-state index contributed by atoms with van der Waals surface area (Å²) in [5, 5.41) is 7.28. The van der Waals surface area contributed by atoms with Gasteiger partial charge in [-0.3, -0.25) is 9.48 Å². The van der Waals surface area contributed by atoms with Gasteiger partial charge >= 0.3 is 0 Å². The summed E-state index contributed by atoms with van der Waals surface area (Å²) < 4.78 is 3.97. The van der Waals surface area contributed by atoms with Crippen LogP contribution in [-0.2, 0) is 30.7 Å². The average Bonchev–Trinajstić information content (AvgIpc) is 3.30. The highest BCUT2D eigenvalue weighted by Gasteiger charge is 2.20. The van der Waals surface area contributed by atoms with Gasteiger partial charge in [0.25, 0.3) is 0 Å². The normalized spacial score (nSPS) is 14.6. The van der Waals surface area contributed by atoms with Crippen molar-refractivity contribution in [2.24, 2.45) is 5.73 Å². The van der Waals surface area contributed by atoms with Gasteiger partial charge in [-0.2, -0.15) is 5.10 Å². The molecule has 1 aliphatic heterocycles. The first-order valence-electron chi connectivity index (χ1n) is 9.35. The number of nitrogens with zero attached hydrogens (tertiary/aromatic N) is 4. The molecular weight excluding hydrogens is 340 g/mol. The number of amides is 1. The fourth-order valence-electron chi connectivity index (χ4n) is 3.46. The molecule has 4 rings (SSSR count). The third kappa shape index (κ3) is 4.09. The number of anilines is 1. The molecule has 0 saturated carbocycles. The quantitative estimate of drug-likeness (QED) is 0.700. The average molecular weight is 364 g/mol. The van der Waals surface area contributed by atoms with Crippen molar-refractivity contribution in [2.45, 2.75) is 44.8 Å². The summed E-state index contributed by atoms with van der Waals surface area (Å²) in [6.07, 6.45) is 9.04. The van der Waals surface area contributed by atoms with Crippen LogP contribution in [0.5, 0.6) is 0 Å². The molecule has 1 aromatic carbocycles. The SMILES string of the molecule is N[C@@H](Cc1cn(Cc2ccccc2)cn1)C(=O)Nc1cnn2c1CCCC2. The van der Waals surface area contributed by atoms with Gasteiger partial charge in [-0.1, -0.05) is 30.3 Å². The van der Waals surface area contributed by atoms with Crippen LogP contribution in [0, 0.1) is 0 Å². The molecule has 140 valence electrons. The lowest BCUT2D eigenvalue weighted by Crippen LogP contribution is -2.37. The molecule has 0 bridgehead atoms. The van der Waals surface area contributed by atoms with Gasteiger partial charge in [0.15, 0.2) is 0 Å². The minimum atomic E-state index is -0.649. The third-order valence-corrected chi connectivity index (χ3v) is 4.90. The van der Waals surface area contributed by atoms with Gasteiger partial charge in [-0.05, 0) is 24.8 Å². The smallest absolute Gasteiger partial charge is 0.241 e. The minimum Gasteiger partial charge on any atom is -0.333 e. The summed E-state index contributed by atoms with van der Waals surface area (Å²) in [4.78, 5) is 16.9. The van der Waals surface area contributed by atoms with Crippen molar-refractivity contribution in [2.75, 3.05) is 5.32 Å². The number of nitrogens with two attached hydrogens (primary N) is 1. The molecule has 0 unspecified atom stereocenters. The van der Waals surface area contributed by atoms with Crippen molar-refractivity contribution >= 4 is 11.6 Å². The summed E-state index contributed by atoms with van der Waals surface area (Å²) in [5.41, 5.74) is 10.0. The van der Waals surface area contributed by atoms with E-state index in [1.54, 1.807) is 12.5 Å². The van der Waals surface area contributed by atoms with Crippen molar-refractivity contribution in [1.29, 1.82) is 0 Å². The second-order valence-corrected chi connectivity index (χ2v) is 7.01. The standard InChI is InChI=1S/C20H24N6O/c21-17(20(27)24-18-11-23-26-9-5-4-8-19(18)26)10-16-13-25(14-22-16)12-15-6-2-1-3-7-15/h1-3,6-7,11,13-14,17H,4-5,8-10,12,21H2,(H,24,27)/t17-/m0/s1. The lowest BCUT2D eigenvalue weighted by Gasteiger charge is -2.16. The van der Waals surface area contributed by atoms with Crippen LogP contribution in [-0.4, -0.2) is 31.3 Å². The van der Waals surface area contributed by atoms with E-state index in [-0.39, 0.29) is 5.91 Å². The Morgan fingerprint density at radius 1 is 1.26 bits per heavy atom. The van der Waals surface area contributed by atoms with Gasteiger partial charge < -0.3 is 15.6 Å². The third-order valence-electron chi connectivity index (χ3n) is 4.90. The van der Waals surface area contributed by atoms with E-state index in [4.69, 9.17) is 5.73 Å². The Kier molecular flexibility index (Phi) is 5.02. The number of carbonyl (C=O) groups is 1. The van der Waals surface area contributed by atoms with E-state index in [1.807, 2.05) is 33.6 Å². The number of fused-ring (bicyclic) bond motifs is 1. The predicted octanol–water partition coefficient (Wildman–Crippen LogP) is 1.97. The monoisotopic (exact) mass is 364 g/mol. The molecule has 7 nitrogen and oxygen atoms in total. The molecule has 1 amide bonds. The number of carbonyl (C=O) groups excluding carboxylic acids is 1. The highest BCUT2D eigenvalue weighted by molar-refractivity contribution is 5.95. The molecule has 0 radical (unpaired) electrons. The van der Waals surface area contributed by atoms with E-state index in [0.717, 1.165) is 49.4 Å². The fraction of sp³-hybridized carbons (Fsp3) is 0.350. The molecular formula is C20H24N6O. The second-order valence-electron chi connectivity index (χ2n) is 7.01. The molecule has 1 atom stereocenters. The number of hydrogen-bond donors (Lipinski definition) is 2. The highest BCUT2D eigenvalue weighted by atomic mass is 16.2. The number of imidazole rings is 1. The Morgan fingerprint density at radius 3 is 2.96 bits per heavy atom. The maximum absolute atomic E-state index is 12.5. The zero-order chi connectivity index (χ0) is 18.6. The number of rotatable bonds is 6. The summed E-state index contributed by atoms with van der Waals surface area (Å²) in [6, 6.07) is 9.53. The highest BCUT2D eigenvalue weighted by Crippen LogP contribution is 2.22. The molecule has 2 aromatic heterocycles. The van der Waals surface area contributed by atoms with E-state index in [9.17, 15) is 4.79 Å². The van der Waals surface area contributed by atoms with E-state index in [0.29, 0.717) is 6.42 Å². The Labute approximate surface area is 158 Å². The number of aryl methyl sites for hydroxylation is 1. The Balaban J connectivity index is 1.35. The van der Waals surface area contributed by atoms with Crippen molar-refractivity contribution < 1.29 is 4.79 Å². The molecule has 7 heteroatoms. The number of benzene rings is 1. The van der Waals surface area contributed by atoms with E-state index in [2.05, 4.69) is 27.5 Å². The van der Waals surface area contributed by atoms with Gasteiger partial charge in [0.05, 0.1) is 35.6 Å². The largest absolute Gasteiger partial charge is 0.333 e. The molecule has 1 aliphatic rings. The van der Waals surface area contributed by atoms with E-state index < -0.39 is 6.04 Å². The Bertz CT molecular complexity index is 914. The van der Waals surface area contributed by atoms with Crippen LogP contribution in [0.25, 0.3) is 0 Å². The molecule has 0 saturated heterocycles. The number of hydrogen-bond acceptors (Lipinski definition) is 4. The van der Waals surface area contributed by atoms with Gasteiger partial charge in [0.1, 0.15) is 0 Å². The summed E-state index contributed by atoms with van der Waals surface area (Å²) in [6.45, 7) is 1.66. The maximum atomic E-state index is 12.5. The topological polar surface area (TPSA) is 90.8 Å². The van der Waals surface area contributed by atoms with Crippen LogP contribution in [0.15, 0.2) is 49.1 Å². The van der Waals surface area contributed by atoms with Crippen LogP contribution < -0.4 is 11.1 Å². The van der Waals surface area contributed by atoms with Gasteiger partial charge in [-0.25, -0.2) is 4.98 Å². The van der Waals surface area contributed by atoms with Crippen LogP contribution in [0.1, 0.15) is 29.8 Å². The zero-order valence-corrected chi connectivity index (χ0v) is 15.2.